The standard InChI is InChI=1S/C5H9O5P/c1-10-5(6)3-2-4-11(7,8)9/h2-3H,4H2,1H3,(H2,7,8,9). The van der Waals surface area contributed by atoms with E-state index in [1.807, 2.05) is 0 Å². The number of methoxy groups -OCH3 is 1. The molecule has 6 heteroatoms. The first kappa shape index (κ1) is 10.4. The molecule has 0 saturated heterocycles. The van der Waals surface area contributed by atoms with E-state index in [1.165, 1.54) is 7.11 Å². The van der Waals surface area contributed by atoms with E-state index in [-0.39, 0.29) is 0 Å². The van der Waals surface area contributed by atoms with Crippen LogP contribution in [-0.2, 0) is 14.1 Å². The van der Waals surface area contributed by atoms with Gasteiger partial charge >= 0.3 is 13.6 Å². The molecule has 0 unspecified atom stereocenters. The molecule has 0 saturated carbocycles. The van der Waals surface area contributed by atoms with Crippen molar-refractivity contribution < 1.29 is 23.9 Å². The first-order chi connectivity index (χ1) is 4.95. The summed E-state index contributed by atoms with van der Waals surface area (Å²) in [5, 5.41) is 0. The SMILES string of the molecule is COC(=O)C=CCP(=O)(O)O. The maximum Gasteiger partial charge on any atom is 0.330 e. The Morgan fingerprint density at radius 2 is 2.18 bits per heavy atom. The van der Waals surface area contributed by atoms with Crippen LogP contribution in [0.3, 0.4) is 0 Å². The third kappa shape index (κ3) is 7.25. The summed E-state index contributed by atoms with van der Waals surface area (Å²) in [4.78, 5) is 27.0. The van der Waals surface area contributed by atoms with Crippen LogP contribution in [0.4, 0.5) is 0 Å². The highest BCUT2D eigenvalue weighted by Gasteiger charge is 2.08. The number of carbonyl (C=O) groups is 1. The van der Waals surface area contributed by atoms with Gasteiger partial charge in [0, 0.05) is 6.08 Å². The number of allylic oxidation sites excluding steroid dienone is 1. The minimum absolute atomic E-state index is 0.442. The summed E-state index contributed by atoms with van der Waals surface area (Å²) in [7, 11) is -2.84. The van der Waals surface area contributed by atoms with Gasteiger partial charge in [-0.05, 0) is 0 Å². The Balaban J connectivity index is 3.79. The van der Waals surface area contributed by atoms with Crippen LogP contribution in [0.25, 0.3) is 0 Å². The average Bonchev–Trinajstić information content (AvgIpc) is 1.85. The summed E-state index contributed by atoms with van der Waals surface area (Å²) >= 11 is 0. The van der Waals surface area contributed by atoms with Crippen LogP contribution in [-0.4, -0.2) is 29.0 Å². The summed E-state index contributed by atoms with van der Waals surface area (Å²) in [6.45, 7) is 0. The fraction of sp³-hybridized carbons (Fsp3) is 0.400. The third-order valence-electron chi connectivity index (χ3n) is 0.798. The van der Waals surface area contributed by atoms with Gasteiger partial charge in [0.15, 0.2) is 0 Å². The zero-order valence-electron chi connectivity index (χ0n) is 5.93. The van der Waals surface area contributed by atoms with E-state index in [1.54, 1.807) is 0 Å². The van der Waals surface area contributed by atoms with Crippen molar-refractivity contribution in [3.63, 3.8) is 0 Å². The van der Waals surface area contributed by atoms with Crippen LogP contribution in [0.15, 0.2) is 12.2 Å². The summed E-state index contributed by atoms with van der Waals surface area (Å²) in [6.07, 6.45) is 1.60. The van der Waals surface area contributed by atoms with E-state index in [9.17, 15) is 9.36 Å². The molecular weight excluding hydrogens is 171 g/mol. The van der Waals surface area contributed by atoms with Crippen molar-refractivity contribution in [2.24, 2.45) is 0 Å². The minimum atomic E-state index is -4.03. The van der Waals surface area contributed by atoms with Crippen LogP contribution in [0.2, 0.25) is 0 Å². The van der Waals surface area contributed by atoms with Crippen LogP contribution in [0, 0.1) is 0 Å². The summed E-state index contributed by atoms with van der Waals surface area (Å²) in [5.41, 5.74) is 0. The highest BCUT2D eigenvalue weighted by Crippen LogP contribution is 2.33. The van der Waals surface area contributed by atoms with Crippen LogP contribution in [0.5, 0.6) is 0 Å². The molecule has 0 bridgehead atoms. The molecule has 5 nitrogen and oxygen atoms in total. The van der Waals surface area contributed by atoms with E-state index >= 15 is 0 Å². The topological polar surface area (TPSA) is 83.8 Å². The van der Waals surface area contributed by atoms with Crippen molar-refractivity contribution in [3.8, 4) is 0 Å². The Morgan fingerprint density at radius 3 is 2.55 bits per heavy atom. The lowest BCUT2D eigenvalue weighted by molar-refractivity contribution is -0.134. The first-order valence-electron chi connectivity index (χ1n) is 2.75. The second-order valence-corrected chi connectivity index (χ2v) is 3.47. The van der Waals surface area contributed by atoms with E-state index in [0.29, 0.717) is 0 Å². The summed E-state index contributed by atoms with van der Waals surface area (Å²) in [5.74, 6) is -0.626. The Morgan fingerprint density at radius 1 is 1.64 bits per heavy atom. The molecule has 0 aromatic rings. The number of ether oxygens (including phenoxy) is 1. The quantitative estimate of drug-likeness (QED) is 0.359. The second-order valence-electron chi connectivity index (χ2n) is 1.77. The molecule has 0 atom stereocenters. The minimum Gasteiger partial charge on any atom is -0.466 e. The largest absolute Gasteiger partial charge is 0.466 e. The molecular formula is C5H9O5P. The molecule has 0 aliphatic heterocycles. The fourth-order valence-corrected chi connectivity index (χ4v) is 0.734. The molecule has 0 fully saturated rings. The molecule has 0 heterocycles. The Labute approximate surface area is 63.8 Å². The molecule has 0 radical (unpaired) electrons. The Kier molecular flexibility index (Phi) is 4.03. The molecule has 0 amide bonds. The van der Waals surface area contributed by atoms with Gasteiger partial charge in [0.2, 0.25) is 0 Å². The summed E-state index contributed by atoms with van der Waals surface area (Å²) in [6, 6.07) is 0. The number of carbonyl (C=O) groups excluding carboxylic acids is 1. The van der Waals surface area contributed by atoms with Crippen LogP contribution < -0.4 is 0 Å². The van der Waals surface area contributed by atoms with Crippen molar-refractivity contribution in [2.45, 2.75) is 0 Å². The molecule has 0 aromatic heterocycles. The van der Waals surface area contributed by atoms with E-state index in [2.05, 4.69) is 4.74 Å². The predicted molar refractivity (Wildman–Crippen MR) is 38.1 cm³/mol. The monoisotopic (exact) mass is 180 g/mol. The molecule has 0 aliphatic rings. The zero-order chi connectivity index (χ0) is 8.91. The molecule has 0 rings (SSSR count). The lowest BCUT2D eigenvalue weighted by atomic mass is 10.5. The molecule has 11 heavy (non-hydrogen) atoms. The van der Waals surface area contributed by atoms with Gasteiger partial charge in [-0.15, -0.1) is 0 Å². The third-order valence-corrected chi connectivity index (χ3v) is 1.48. The lowest BCUT2D eigenvalue weighted by Gasteiger charge is -1.96. The second kappa shape index (κ2) is 4.28. The van der Waals surface area contributed by atoms with Gasteiger partial charge in [-0.3, -0.25) is 4.57 Å². The smallest absolute Gasteiger partial charge is 0.330 e. The van der Waals surface area contributed by atoms with Gasteiger partial charge in [0.1, 0.15) is 0 Å². The normalized spacial score (nSPS) is 11.9. The van der Waals surface area contributed by atoms with Crippen LogP contribution >= 0.6 is 7.60 Å². The summed E-state index contributed by atoms with van der Waals surface area (Å²) < 4.78 is 14.4. The van der Waals surface area contributed by atoms with Gasteiger partial charge in [-0.1, -0.05) is 6.08 Å². The molecule has 0 spiro atoms. The lowest BCUT2D eigenvalue weighted by Crippen LogP contribution is -1.94. The highest BCUT2D eigenvalue weighted by atomic mass is 31.2. The van der Waals surface area contributed by atoms with E-state index < -0.39 is 19.7 Å². The highest BCUT2D eigenvalue weighted by molar-refractivity contribution is 7.51. The van der Waals surface area contributed by atoms with E-state index in [4.69, 9.17) is 9.79 Å². The predicted octanol–water partition coefficient (Wildman–Crippen LogP) is -0.107. The van der Waals surface area contributed by atoms with Crippen molar-refractivity contribution in [2.75, 3.05) is 13.3 Å². The molecule has 2 N–H and O–H groups in total. The van der Waals surface area contributed by atoms with Crippen molar-refractivity contribution in [1.82, 2.24) is 0 Å². The molecule has 64 valence electrons. The van der Waals surface area contributed by atoms with Gasteiger partial charge in [0.05, 0.1) is 13.3 Å². The fourth-order valence-electron chi connectivity index (χ4n) is 0.354. The van der Waals surface area contributed by atoms with Gasteiger partial charge in [-0.25, -0.2) is 4.79 Å². The first-order valence-corrected chi connectivity index (χ1v) is 4.54. The van der Waals surface area contributed by atoms with E-state index in [0.717, 1.165) is 12.2 Å². The number of rotatable bonds is 3. The van der Waals surface area contributed by atoms with Crippen molar-refractivity contribution in [3.05, 3.63) is 12.2 Å². The Bertz CT molecular complexity index is 203. The van der Waals surface area contributed by atoms with Gasteiger partial charge in [0.25, 0.3) is 0 Å². The van der Waals surface area contributed by atoms with Gasteiger partial charge < -0.3 is 14.5 Å². The number of hydrogen-bond donors (Lipinski definition) is 2. The van der Waals surface area contributed by atoms with Crippen LogP contribution in [0.1, 0.15) is 0 Å². The molecule has 0 aliphatic carbocycles. The number of esters is 1. The zero-order valence-corrected chi connectivity index (χ0v) is 6.82. The maximum atomic E-state index is 10.3. The van der Waals surface area contributed by atoms with Crippen molar-refractivity contribution >= 4 is 13.6 Å². The Hall–Kier alpha value is -0.640. The number of hydrogen-bond acceptors (Lipinski definition) is 3. The maximum absolute atomic E-state index is 10.3. The van der Waals surface area contributed by atoms with Gasteiger partial charge in [-0.2, -0.15) is 0 Å². The van der Waals surface area contributed by atoms with Crippen molar-refractivity contribution in [1.29, 1.82) is 0 Å². The molecule has 0 aromatic carbocycles. The average molecular weight is 180 g/mol.